The van der Waals surface area contributed by atoms with Crippen molar-refractivity contribution in [3.05, 3.63) is 35.9 Å². The van der Waals surface area contributed by atoms with E-state index < -0.39 is 9.84 Å². The Labute approximate surface area is 149 Å². The first-order chi connectivity index (χ1) is 11.9. The number of guanidine groups is 1. The molecule has 8 heteroatoms. The van der Waals surface area contributed by atoms with Crippen molar-refractivity contribution in [2.24, 2.45) is 4.99 Å². The van der Waals surface area contributed by atoms with Crippen LogP contribution in [0.1, 0.15) is 18.4 Å². The lowest BCUT2D eigenvalue weighted by molar-refractivity contribution is -0.130. The molecule has 1 amide bonds. The second kappa shape index (κ2) is 8.84. The van der Waals surface area contributed by atoms with Crippen molar-refractivity contribution in [2.45, 2.75) is 25.4 Å². The third-order valence-electron chi connectivity index (χ3n) is 4.12. The SMILES string of the molecule is CN=C(NCCC(=O)N(C)Cc1ccccc1)NC1CCS(=O)(=O)C1. The molecule has 0 bridgehead atoms. The lowest BCUT2D eigenvalue weighted by atomic mass is 10.2. The summed E-state index contributed by atoms with van der Waals surface area (Å²) in [7, 11) is 0.480. The molecule has 2 rings (SSSR count). The van der Waals surface area contributed by atoms with Crippen LogP contribution in [0, 0.1) is 0 Å². The van der Waals surface area contributed by atoms with E-state index in [4.69, 9.17) is 0 Å². The Balaban J connectivity index is 1.72. The van der Waals surface area contributed by atoms with Crippen molar-refractivity contribution >= 4 is 21.7 Å². The highest BCUT2D eigenvalue weighted by Gasteiger charge is 2.28. The Kier molecular flexibility index (Phi) is 6.81. The van der Waals surface area contributed by atoms with Crippen molar-refractivity contribution in [2.75, 3.05) is 32.1 Å². The Morgan fingerprint density at radius 2 is 2.04 bits per heavy atom. The van der Waals surface area contributed by atoms with Gasteiger partial charge in [-0.15, -0.1) is 0 Å². The van der Waals surface area contributed by atoms with Gasteiger partial charge in [0.1, 0.15) is 0 Å². The number of carbonyl (C=O) groups is 1. The Bertz CT molecular complexity index is 704. The van der Waals surface area contributed by atoms with Gasteiger partial charge in [-0.2, -0.15) is 0 Å². The molecule has 2 N–H and O–H groups in total. The first-order valence-electron chi connectivity index (χ1n) is 8.35. The molecule has 7 nitrogen and oxygen atoms in total. The van der Waals surface area contributed by atoms with Gasteiger partial charge in [0.2, 0.25) is 5.91 Å². The molecule has 0 spiro atoms. The number of amides is 1. The van der Waals surface area contributed by atoms with E-state index in [1.807, 2.05) is 30.3 Å². The maximum Gasteiger partial charge on any atom is 0.224 e. The van der Waals surface area contributed by atoms with Crippen LogP contribution in [-0.4, -0.2) is 63.4 Å². The lowest BCUT2D eigenvalue weighted by Gasteiger charge is -2.19. The van der Waals surface area contributed by atoms with Gasteiger partial charge >= 0.3 is 0 Å². The van der Waals surface area contributed by atoms with Crippen molar-refractivity contribution in [3.63, 3.8) is 0 Å². The van der Waals surface area contributed by atoms with Gasteiger partial charge in [-0.3, -0.25) is 9.79 Å². The largest absolute Gasteiger partial charge is 0.356 e. The first kappa shape index (κ1) is 19.2. The monoisotopic (exact) mass is 366 g/mol. The Hall–Kier alpha value is -2.09. The fraction of sp³-hybridized carbons (Fsp3) is 0.529. The minimum absolute atomic E-state index is 0.0373. The highest BCUT2D eigenvalue weighted by atomic mass is 32.2. The number of benzene rings is 1. The highest BCUT2D eigenvalue weighted by Crippen LogP contribution is 2.11. The molecule has 1 fully saturated rings. The van der Waals surface area contributed by atoms with E-state index in [0.717, 1.165) is 5.56 Å². The predicted molar refractivity (Wildman–Crippen MR) is 99.1 cm³/mol. The molecule has 1 aliphatic heterocycles. The molecule has 1 heterocycles. The van der Waals surface area contributed by atoms with Crippen LogP contribution < -0.4 is 10.6 Å². The normalized spacial score (nSPS) is 19.4. The zero-order valence-electron chi connectivity index (χ0n) is 14.7. The maximum atomic E-state index is 12.2. The van der Waals surface area contributed by atoms with Gasteiger partial charge in [0, 0.05) is 39.6 Å². The number of carbonyl (C=O) groups excluding carboxylic acids is 1. The molecule has 1 aromatic carbocycles. The Morgan fingerprint density at radius 3 is 2.64 bits per heavy atom. The quantitative estimate of drug-likeness (QED) is 0.561. The van der Waals surface area contributed by atoms with Crippen molar-refractivity contribution in [1.29, 1.82) is 0 Å². The van der Waals surface area contributed by atoms with Gasteiger partial charge in [-0.25, -0.2) is 8.42 Å². The maximum absolute atomic E-state index is 12.2. The van der Waals surface area contributed by atoms with E-state index in [1.54, 1.807) is 19.0 Å². The lowest BCUT2D eigenvalue weighted by Crippen LogP contribution is -2.45. The van der Waals surface area contributed by atoms with Gasteiger partial charge in [0.25, 0.3) is 0 Å². The molecule has 1 aliphatic rings. The molecular formula is C17H26N4O3S. The summed E-state index contributed by atoms with van der Waals surface area (Å²) in [6.45, 7) is 1.02. The smallest absolute Gasteiger partial charge is 0.224 e. The van der Waals surface area contributed by atoms with Crippen LogP contribution in [0.3, 0.4) is 0 Å². The summed E-state index contributed by atoms with van der Waals surface area (Å²) in [6, 6.07) is 9.71. The number of hydrogen-bond acceptors (Lipinski definition) is 4. The van der Waals surface area contributed by atoms with E-state index in [1.165, 1.54) is 0 Å². The van der Waals surface area contributed by atoms with E-state index in [2.05, 4.69) is 15.6 Å². The summed E-state index contributed by atoms with van der Waals surface area (Å²) >= 11 is 0. The zero-order chi connectivity index (χ0) is 18.3. The second-order valence-corrected chi connectivity index (χ2v) is 8.46. The predicted octanol–water partition coefficient (Wildman–Crippen LogP) is 0.387. The third kappa shape index (κ3) is 6.38. The summed E-state index contributed by atoms with van der Waals surface area (Å²) in [6.07, 6.45) is 0.925. The fourth-order valence-corrected chi connectivity index (χ4v) is 4.39. The average molecular weight is 366 g/mol. The molecule has 1 unspecified atom stereocenters. The van der Waals surface area contributed by atoms with E-state index in [0.29, 0.717) is 31.9 Å². The van der Waals surface area contributed by atoms with Gasteiger partial charge in [-0.05, 0) is 12.0 Å². The summed E-state index contributed by atoms with van der Waals surface area (Å²) in [5.41, 5.74) is 1.09. The van der Waals surface area contributed by atoms with Crippen LogP contribution >= 0.6 is 0 Å². The molecule has 138 valence electrons. The van der Waals surface area contributed by atoms with Crippen LogP contribution in [0.2, 0.25) is 0 Å². The minimum Gasteiger partial charge on any atom is -0.356 e. The van der Waals surface area contributed by atoms with Gasteiger partial charge in [0.05, 0.1) is 11.5 Å². The molecule has 1 atom stereocenters. The van der Waals surface area contributed by atoms with Crippen molar-refractivity contribution in [1.82, 2.24) is 15.5 Å². The zero-order valence-corrected chi connectivity index (χ0v) is 15.6. The van der Waals surface area contributed by atoms with Crippen LogP contribution in [-0.2, 0) is 21.2 Å². The topological polar surface area (TPSA) is 90.9 Å². The van der Waals surface area contributed by atoms with Gasteiger partial charge in [-0.1, -0.05) is 30.3 Å². The van der Waals surface area contributed by atoms with E-state index >= 15 is 0 Å². The van der Waals surface area contributed by atoms with Crippen LogP contribution in [0.4, 0.5) is 0 Å². The molecule has 25 heavy (non-hydrogen) atoms. The summed E-state index contributed by atoms with van der Waals surface area (Å²) in [4.78, 5) is 18.0. The van der Waals surface area contributed by atoms with Gasteiger partial charge in [0.15, 0.2) is 15.8 Å². The summed E-state index contributed by atoms with van der Waals surface area (Å²) < 4.78 is 23.0. The molecule has 0 radical (unpaired) electrons. The highest BCUT2D eigenvalue weighted by molar-refractivity contribution is 7.91. The number of nitrogens with zero attached hydrogens (tertiary/aromatic N) is 2. The standard InChI is InChI=1S/C17H26N4O3S/c1-18-17(20-15-9-11-25(23,24)13-15)19-10-8-16(22)21(2)12-14-6-4-3-5-7-14/h3-7,15H,8-13H2,1-2H3,(H2,18,19,20). The summed E-state index contributed by atoms with van der Waals surface area (Å²) in [5.74, 6) is 0.910. The number of hydrogen-bond donors (Lipinski definition) is 2. The fourth-order valence-electron chi connectivity index (χ4n) is 2.72. The molecular weight excluding hydrogens is 340 g/mol. The number of rotatable bonds is 6. The number of sulfone groups is 1. The second-order valence-electron chi connectivity index (χ2n) is 6.23. The molecule has 0 saturated carbocycles. The average Bonchev–Trinajstić information content (AvgIpc) is 2.93. The molecule has 0 aliphatic carbocycles. The van der Waals surface area contributed by atoms with Gasteiger partial charge < -0.3 is 15.5 Å². The number of nitrogens with one attached hydrogen (secondary N) is 2. The third-order valence-corrected chi connectivity index (χ3v) is 5.88. The van der Waals surface area contributed by atoms with Crippen LogP contribution in [0.15, 0.2) is 35.3 Å². The van der Waals surface area contributed by atoms with Crippen LogP contribution in [0.25, 0.3) is 0 Å². The van der Waals surface area contributed by atoms with E-state index in [-0.39, 0.29) is 23.5 Å². The molecule has 1 saturated heterocycles. The Morgan fingerprint density at radius 1 is 1.32 bits per heavy atom. The number of aliphatic imine (C=N–C) groups is 1. The first-order valence-corrected chi connectivity index (χ1v) is 10.2. The van der Waals surface area contributed by atoms with Crippen molar-refractivity contribution < 1.29 is 13.2 Å². The minimum atomic E-state index is -2.93. The summed E-state index contributed by atoms with van der Waals surface area (Å²) in [5, 5.41) is 6.17. The van der Waals surface area contributed by atoms with Crippen LogP contribution in [0.5, 0.6) is 0 Å². The molecule has 1 aromatic rings. The van der Waals surface area contributed by atoms with Crippen molar-refractivity contribution in [3.8, 4) is 0 Å². The molecule has 0 aromatic heterocycles. The van der Waals surface area contributed by atoms with E-state index in [9.17, 15) is 13.2 Å².